The first kappa shape index (κ1) is 29.9. The van der Waals surface area contributed by atoms with Crippen molar-refractivity contribution >= 4 is 35.0 Å². The van der Waals surface area contributed by atoms with Crippen molar-refractivity contribution in [1.29, 1.82) is 0 Å². The van der Waals surface area contributed by atoms with E-state index in [9.17, 15) is 14.4 Å². The molecule has 3 fully saturated rings. The second-order valence-electron chi connectivity index (χ2n) is 13.3. The number of carbonyl (C=O) groups excluding carboxylic acids is 3. The van der Waals surface area contributed by atoms with E-state index in [0.717, 1.165) is 24.8 Å². The van der Waals surface area contributed by atoms with Gasteiger partial charge in [0.1, 0.15) is 11.6 Å². The predicted molar refractivity (Wildman–Crippen MR) is 168 cm³/mol. The lowest BCUT2D eigenvalue weighted by molar-refractivity contribution is -0.141. The second kappa shape index (κ2) is 11.7. The van der Waals surface area contributed by atoms with Crippen LogP contribution in [0, 0.1) is 23.7 Å². The Bertz CT molecular complexity index is 1410. The number of rotatable bonds is 8. The van der Waals surface area contributed by atoms with Crippen molar-refractivity contribution in [2.45, 2.75) is 83.1 Å². The quantitative estimate of drug-likeness (QED) is 0.377. The second-order valence-corrected chi connectivity index (χ2v) is 13.7. The monoisotopic (exact) mass is 603 g/mol. The predicted octanol–water partition coefficient (Wildman–Crippen LogP) is 5.74. The molecule has 0 unspecified atom stereocenters. The van der Waals surface area contributed by atoms with Gasteiger partial charge in [0.05, 0.1) is 17.9 Å². The van der Waals surface area contributed by atoms with Crippen LogP contribution in [-0.2, 0) is 25.5 Å². The summed E-state index contributed by atoms with van der Waals surface area (Å²) in [6.07, 6.45) is 6.86. The molecule has 4 aliphatic rings. The third kappa shape index (κ3) is 5.40. The van der Waals surface area contributed by atoms with E-state index in [0.29, 0.717) is 41.4 Å². The molecule has 3 heterocycles. The fraction of sp³-hybridized carbons (Fsp3) is 0.514. The maximum Gasteiger partial charge on any atom is 0.246 e. The lowest BCUT2D eigenvalue weighted by Gasteiger charge is -2.38. The number of anilines is 1. The van der Waals surface area contributed by atoms with Crippen LogP contribution >= 0.6 is 11.6 Å². The van der Waals surface area contributed by atoms with Crippen LogP contribution in [0.3, 0.4) is 0 Å². The van der Waals surface area contributed by atoms with E-state index < -0.39 is 29.6 Å². The van der Waals surface area contributed by atoms with Gasteiger partial charge in [-0.1, -0.05) is 88.6 Å². The molecule has 228 valence electrons. The molecular weight excluding hydrogens is 562 g/mol. The molecule has 2 aromatic carbocycles. The van der Waals surface area contributed by atoms with Crippen LogP contribution in [-0.4, -0.2) is 53.0 Å². The fourth-order valence-electron chi connectivity index (χ4n) is 7.63. The van der Waals surface area contributed by atoms with Crippen LogP contribution in [0.15, 0.2) is 60.7 Å². The summed E-state index contributed by atoms with van der Waals surface area (Å²) in [6, 6.07) is 14.5. The lowest BCUT2D eigenvalue weighted by Crippen LogP contribution is -2.58. The standard InChI is InChI=1S/C35H42ClN3O4/c1-20(2)24-10-14-26(15-11-24)37-32(40)29-28-16-18-35(43-28)30(29)34(42)39(19-17-23-8-12-25(36)13-9-23)31(35)33(41)38-27-7-5-6-21(3)22(27)4/h8-16,18,20-22,27-31H,5-7,17,19H2,1-4H3,(H,37,40)(H,38,41)/t21-,22+,27+,28+,29-,30+,31+,35+/m0/s1. The highest BCUT2D eigenvalue weighted by Gasteiger charge is 2.72. The summed E-state index contributed by atoms with van der Waals surface area (Å²) in [4.78, 5) is 44.0. The Hall–Kier alpha value is -3.16. The first-order valence-electron chi connectivity index (χ1n) is 15.7. The Balaban J connectivity index is 1.28. The number of fused-ring (bicyclic) bond motifs is 1. The van der Waals surface area contributed by atoms with Gasteiger partial charge in [0, 0.05) is 23.3 Å². The van der Waals surface area contributed by atoms with Crippen molar-refractivity contribution in [2.75, 3.05) is 11.9 Å². The SMILES string of the molecule is CC(C)c1ccc(NC(=O)[C@H]2[C@H]3C=C[C@@]4(O3)[C@H]2C(=O)N(CCc2ccc(Cl)cc2)[C@@H]4C(=O)N[C@@H]2CCC[C@H](C)[C@H]2C)cc1. The smallest absolute Gasteiger partial charge is 0.246 e. The molecule has 3 amide bonds. The van der Waals surface area contributed by atoms with Crippen LogP contribution in [0.5, 0.6) is 0 Å². The molecule has 2 saturated heterocycles. The minimum absolute atomic E-state index is 0.0374. The number of carbonyl (C=O) groups is 3. The Morgan fingerprint density at radius 1 is 1.05 bits per heavy atom. The molecule has 43 heavy (non-hydrogen) atoms. The fourth-order valence-corrected chi connectivity index (χ4v) is 7.76. The van der Waals surface area contributed by atoms with Crippen LogP contribution in [0.4, 0.5) is 5.69 Å². The van der Waals surface area contributed by atoms with Crippen LogP contribution in [0.25, 0.3) is 0 Å². The highest BCUT2D eigenvalue weighted by molar-refractivity contribution is 6.30. The minimum atomic E-state index is -1.18. The molecule has 1 aliphatic carbocycles. The molecule has 2 aromatic rings. The number of halogens is 1. The van der Waals surface area contributed by atoms with Crippen molar-refractivity contribution in [2.24, 2.45) is 23.7 Å². The van der Waals surface area contributed by atoms with Gasteiger partial charge < -0.3 is 20.3 Å². The van der Waals surface area contributed by atoms with E-state index in [-0.39, 0.29) is 23.8 Å². The molecule has 8 atom stereocenters. The van der Waals surface area contributed by atoms with E-state index in [1.165, 1.54) is 5.56 Å². The van der Waals surface area contributed by atoms with E-state index in [1.807, 2.05) is 60.7 Å². The highest BCUT2D eigenvalue weighted by Crippen LogP contribution is 2.55. The van der Waals surface area contributed by atoms with Gasteiger partial charge in [0.15, 0.2) is 0 Å². The van der Waals surface area contributed by atoms with E-state index in [4.69, 9.17) is 16.3 Å². The maximum absolute atomic E-state index is 14.3. The Labute approximate surface area is 259 Å². The molecule has 0 aromatic heterocycles. The number of hydrogen-bond acceptors (Lipinski definition) is 4. The van der Waals surface area contributed by atoms with Gasteiger partial charge in [-0.2, -0.15) is 0 Å². The molecule has 3 aliphatic heterocycles. The average molecular weight is 604 g/mol. The molecule has 1 saturated carbocycles. The van der Waals surface area contributed by atoms with Gasteiger partial charge >= 0.3 is 0 Å². The zero-order valence-corrected chi connectivity index (χ0v) is 26.1. The normalized spacial score (nSPS) is 32.7. The summed E-state index contributed by atoms with van der Waals surface area (Å²) in [7, 11) is 0. The maximum atomic E-state index is 14.3. The molecular formula is C35H42ClN3O4. The van der Waals surface area contributed by atoms with Crippen molar-refractivity contribution in [1.82, 2.24) is 10.2 Å². The van der Waals surface area contributed by atoms with Gasteiger partial charge in [-0.15, -0.1) is 0 Å². The summed E-state index contributed by atoms with van der Waals surface area (Å²) in [6.45, 7) is 9.01. The Kier molecular flexibility index (Phi) is 8.16. The van der Waals surface area contributed by atoms with Gasteiger partial charge in [0.2, 0.25) is 17.7 Å². The van der Waals surface area contributed by atoms with Crippen molar-refractivity contribution < 1.29 is 19.1 Å². The molecule has 2 bridgehead atoms. The third-order valence-electron chi connectivity index (χ3n) is 10.4. The summed E-state index contributed by atoms with van der Waals surface area (Å²) < 4.78 is 6.53. The lowest BCUT2D eigenvalue weighted by atomic mass is 9.73. The Morgan fingerprint density at radius 2 is 1.77 bits per heavy atom. The van der Waals surface area contributed by atoms with E-state index in [1.54, 1.807) is 4.90 Å². The number of nitrogens with one attached hydrogen (secondary N) is 2. The van der Waals surface area contributed by atoms with Gasteiger partial charge in [-0.25, -0.2) is 0 Å². The van der Waals surface area contributed by atoms with Crippen molar-refractivity contribution in [3.63, 3.8) is 0 Å². The third-order valence-corrected chi connectivity index (χ3v) is 10.6. The molecule has 1 spiro atoms. The molecule has 7 nitrogen and oxygen atoms in total. The number of hydrogen-bond donors (Lipinski definition) is 2. The zero-order valence-electron chi connectivity index (χ0n) is 25.4. The largest absolute Gasteiger partial charge is 0.359 e. The average Bonchev–Trinajstić information content (AvgIpc) is 3.62. The van der Waals surface area contributed by atoms with Crippen LogP contribution in [0.2, 0.25) is 5.02 Å². The summed E-state index contributed by atoms with van der Waals surface area (Å²) in [5.74, 6) is -0.950. The van der Waals surface area contributed by atoms with E-state index in [2.05, 4.69) is 38.3 Å². The topological polar surface area (TPSA) is 87.7 Å². The number of ether oxygens (including phenoxy) is 1. The summed E-state index contributed by atoms with van der Waals surface area (Å²) in [5.41, 5.74) is 1.69. The molecule has 8 heteroatoms. The van der Waals surface area contributed by atoms with Gasteiger partial charge in [-0.3, -0.25) is 14.4 Å². The molecule has 0 radical (unpaired) electrons. The summed E-state index contributed by atoms with van der Waals surface area (Å²) in [5, 5.41) is 6.99. The van der Waals surface area contributed by atoms with Crippen LogP contribution in [0.1, 0.15) is 64.0 Å². The summed E-state index contributed by atoms with van der Waals surface area (Å²) >= 11 is 6.09. The Morgan fingerprint density at radius 3 is 2.47 bits per heavy atom. The molecule has 2 N–H and O–H groups in total. The number of nitrogens with zero attached hydrogens (tertiary/aromatic N) is 1. The number of likely N-dealkylation sites (tertiary alicyclic amines) is 1. The van der Waals surface area contributed by atoms with E-state index >= 15 is 0 Å². The zero-order chi connectivity index (χ0) is 30.5. The van der Waals surface area contributed by atoms with Gasteiger partial charge in [0.25, 0.3) is 0 Å². The minimum Gasteiger partial charge on any atom is -0.359 e. The first-order valence-corrected chi connectivity index (χ1v) is 16.1. The van der Waals surface area contributed by atoms with Crippen molar-refractivity contribution in [3.05, 3.63) is 76.8 Å². The van der Waals surface area contributed by atoms with Gasteiger partial charge in [-0.05, 0) is 66.0 Å². The highest BCUT2D eigenvalue weighted by atomic mass is 35.5. The number of amides is 3. The first-order chi connectivity index (χ1) is 20.6. The molecule has 6 rings (SSSR count). The van der Waals surface area contributed by atoms with Crippen LogP contribution < -0.4 is 10.6 Å². The number of benzene rings is 2. The van der Waals surface area contributed by atoms with Crippen molar-refractivity contribution in [3.8, 4) is 0 Å².